The maximum atomic E-state index is 12.8. The van der Waals surface area contributed by atoms with Crippen LogP contribution in [-0.2, 0) is 6.42 Å². The Balaban J connectivity index is 1.98. The van der Waals surface area contributed by atoms with Crippen molar-refractivity contribution in [2.24, 2.45) is 5.73 Å². The van der Waals surface area contributed by atoms with Gasteiger partial charge in [0.05, 0.1) is 6.04 Å². The number of aromatic nitrogens is 2. The zero-order valence-electron chi connectivity index (χ0n) is 10.7. The molecule has 6 heteroatoms. The lowest BCUT2D eigenvalue weighted by atomic mass is 10.1. The Morgan fingerprint density at radius 1 is 1.37 bits per heavy atom. The molecule has 2 aromatic rings. The average molecular weight is 281 g/mol. The van der Waals surface area contributed by atoms with Crippen molar-refractivity contribution in [1.82, 2.24) is 10.1 Å². The van der Waals surface area contributed by atoms with Crippen LogP contribution in [0.15, 0.2) is 28.8 Å². The molecule has 2 rings (SSSR count). The van der Waals surface area contributed by atoms with Gasteiger partial charge in [-0.25, -0.2) is 4.39 Å². The van der Waals surface area contributed by atoms with Crippen LogP contribution in [0, 0.1) is 5.82 Å². The molecule has 0 radical (unpaired) electrons. The molecule has 0 aliphatic carbocycles. The van der Waals surface area contributed by atoms with Gasteiger partial charge in [0.1, 0.15) is 5.82 Å². The Hall–Kier alpha value is -1.40. The van der Waals surface area contributed by atoms with Gasteiger partial charge >= 0.3 is 0 Å². The second-order valence-corrected chi connectivity index (χ2v) is 5.23. The molecular weight excluding hydrogens is 265 g/mol. The van der Waals surface area contributed by atoms with E-state index in [2.05, 4.69) is 10.1 Å². The normalized spacial score (nSPS) is 12.6. The van der Waals surface area contributed by atoms with Gasteiger partial charge in [-0.3, -0.25) is 0 Å². The molecule has 0 amide bonds. The average Bonchev–Trinajstić information content (AvgIpc) is 2.87. The van der Waals surface area contributed by atoms with Gasteiger partial charge in [-0.1, -0.05) is 17.3 Å². The quantitative estimate of drug-likeness (QED) is 0.881. The number of nitrogens with two attached hydrogens (primary N) is 1. The predicted octanol–water partition coefficient (Wildman–Crippen LogP) is 2.55. The Bertz CT molecular complexity index is 515. The van der Waals surface area contributed by atoms with Crippen molar-refractivity contribution >= 4 is 11.8 Å². The van der Waals surface area contributed by atoms with Crippen molar-refractivity contribution in [2.75, 3.05) is 12.0 Å². The highest BCUT2D eigenvalue weighted by atomic mass is 32.2. The number of rotatable bonds is 6. The zero-order chi connectivity index (χ0) is 13.7. The smallest absolute Gasteiger partial charge is 0.243 e. The topological polar surface area (TPSA) is 64.9 Å². The highest BCUT2D eigenvalue weighted by molar-refractivity contribution is 7.98. The number of thioether (sulfide) groups is 1. The largest absolute Gasteiger partial charge is 0.338 e. The van der Waals surface area contributed by atoms with Crippen molar-refractivity contribution in [3.8, 4) is 0 Å². The first-order chi connectivity index (χ1) is 9.19. The van der Waals surface area contributed by atoms with Crippen LogP contribution in [0.3, 0.4) is 0 Å². The number of benzene rings is 1. The molecule has 0 unspecified atom stereocenters. The van der Waals surface area contributed by atoms with E-state index in [1.54, 1.807) is 23.9 Å². The van der Waals surface area contributed by atoms with Crippen LogP contribution in [0.1, 0.15) is 29.7 Å². The van der Waals surface area contributed by atoms with Crippen LogP contribution in [0.4, 0.5) is 4.39 Å². The van der Waals surface area contributed by atoms with Crippen molar-refractivity contribution in [3.63, 3.8) is 0 Å². The van der Waals surface area contributed by atoms with Crippen LogP contribution >= 0.6 is 11.8 Å². The third-order valence-electron chi connectivity index (χ3n) is 2.71. The van der Waals surface area contributed by atoms with E-state index in [-0.39, 0.29) is 11.9 Å². The summed E-state index contributed by atoms with van der Waals surface area (Å²) < 4.78 is 17.9. The minimum absolute atomic E-state index is 0.220. The molecule has 1 atom stereocenters. The van der Waals surface area contributed by atoms with Gasteiger partial charge in [-0.15, -0.1) is 0 Å². The lowest BCUT2D eigenvalue weighted by Crippen LogP contribution is -2.11. The standard InChI is InChI=1S/C13H16FN3OS/c1-19-7-6-11(15)13-16-12(17-18-13)8-9-2-4-10(14)5-3-9/h2-5,11H,6-8,15H2,1H3/t11-/m0/s1. The van der Waals surface area contributed by atoms with Gasteiger partial charge in [0, 0.05) is 6.42 Å². The summed E-state index contributed by atoms with van der Waals surface area (Å²) in [5.74, 6) is 1.74. The minimum atomic E-state index is -0.253. The molecule has 0 saturated heterocycles. The van der Waals surface area contributed by atoms with E-state index in [0.29, 0.717) is 18.1 Å². The number of nitrogens with zero attached hydrogens (tertiary/aromatic N) is 2. The first-order valence-corrected chi connectivity index (χ1v) is 7.40. The monoisotopic (exact) mass is 281 g/mol. The van der Waals surface area contributed by atoms with Crippen molar-refractivity contribution in [3.05, 3.63) is 47.4 Å². The fraction of sp³-hybridized carbons (Fsp3) is 0.385. The number of halogens is 1. The minimum Gasteiger partial charge on any atom is -0.338 e. The molecule has 4 nitrogen and oxygen atoms in total. The van der Waals surface area contributed by atoms with E-state index in [9.17, 15) is 4.39 Å². The highest BCUT2D eigenvalue weighted by Gasteiger charge is 2.14. The SMILES string of the molecule is CSCC[C@H](N)c1nc(Cc2ccc(F)cc2)no1. The Labute approximate surface area is 115 Å². The van der Waals surface area contributed by atoms with E-state index in [4.69, 9.17) is 10.3 Å². The Morgan fingerprint density at radius 3 is 2.79 bits per heavy atom. The first-order valence-electron chi connectivity index (χ1n) is 6.00. The molecule has 19 heavy (non-hydrogen) atoms. The van der Waals surface area contributed by atoms with E-state index in [1.165, 1.54) is 12.1 Å². The van der Waals surface area contributed by atoms with E-state index in [1.807, 2.05) is 6.26 Å². The molecule has 0 spiro atoms. The van der Waals surface area contributed by atoms with Crippen molar-refractivity contribution in [2.45, 2.75) is 18.9 Å². The maximum absolute atomic E-state index is 12.8. The molecular formula is C13H16FN3OS. The molecule has 2 N–H and O–H groups in total. The molecule has 0 bridgehead atoms. The lowest BCUT2D eigenvalue weighted by Gasteiger charge is -2.03. The van der Waals surface area contributed by atoms with Gasteiger partial charge in [-0.2, -0.15) is 16.7 Å². The van der Waals surface area contributed by atoms with Gasteiger partial charge in [0.25, 0.3) is 0 Å². The highest BCUT2D eigenvalue weighted by Crippen LogP contribution is 2.15. The molecule has 0 aliphatic rings. The van der Waals surface area contributed by atoms with Crippen LogP contribution in [0.5, 0.6) is 0 Å². The molecule has 1 aromatic heterocycles. The maximum Gasteiger partial charge on any atom is 0.243 e. The van der Waals surface area contributed by atoms with Crippen molar-refractivity contribution < 1.29 is 8.91 Å². The van der Waals surface area contributed by atoms with Crippen LogP contribution in [-0.4, -0.2) is 22.1 Å². The summed E-state index contributed by atoms with van der Waals surface area (Å²) in [6.07, 6.45) is 3.35. The number of hydrogen-bond donors (Lipinski definition) is 1. The zero-order valence-corrected chi connectivity index (χ0v) is 11.5. The van der Waals surface area contributed by atoms with Crippen LogP contribution < -0.4 is 5.73 Å². The summed E-state index contributed by atoms with van der Waals surface area (Å²) in [6, 6.07) is 6.03. The number of hydrogen-bond acceptors (Lipinski definition) is 5. The summed E-state index contributed by atoms with van der Waals surface area (Å²) in [7, 11) is 0. The van der Waals surface area contributed by atoms with E-state index < -0.39 is 0 Å². The molecule has 1 heterocycles. The van der Waals surface area contributed by atoms with Gasteiger partial charge in [0.15, 0.2) is 5.82 Å². The van der Waals surface area contributed by atoms with E-state index >= 15 is 0 Å². The Morgan fingerprint density at radius 2 is 2.11 bits per heavy atom. The summed E-state index contributed by atoms with van der Waals surface area (Å²) in [5, 5.41) is 3.90. The van der Waals surface area contributed by atoms with Gasteiger partial charge < -0.3 is 10.3 Å². The second-order valence-electron chi connectivity index (χ2n) is 4.24. The molecule has 0 saturated carbocycles. The van der Waals surface area contributed by atoms with Gasteiger partial charge in [-0.05, 0) is 36.1 Å². The fourth-order valence-electron chi connectivity index (χ4n) is 1.64. The first kappa shape index (κ1) is 14.0. The van der Waals surface area contributed by atoms with Crippen LogP contribution in [0.25, 0.3) is 0 Å². The molecule has 102 valence electrons. The predicted molar refractivity (Wildman–Crippen MR) is 73.4 cm³/mol. The summed E-state index contributed by atoms with van der Waals surface area (Å²) in [4.78, 5) is 4.28. The second kappa shape index (κ2) is 6.68. The van der Waals surface area contributed by atoms with E-state index in [0.717, 1.165) is 17.7 Å². The van der Waals surface area contributed by atoms with Crippen molar-refractivity contribution in [1.29, 1.82) is 0 Å². The molecule has 1 aromatic carbocycles. The summed E-state index contributed by atoms with van der Waals surface area (Å²) in [6.45, 7) is 0. The summed E-state index contributed by atoms with van der Waals surface area (Å²) in [5.41, 5.74) is 6.88. The Kier molecular flexibility index (Phi) is 4.93. The third-order valence-corrected chi connectivity index (χ3v) is 3.35. The van der Waals surface area contributed by atoms with Crippen LogP contribution in [0.2, 0.25) is 0 Å². The molecule has 0 fully saturated rings. The van der Waals surface area contributed by atoms with Gasteiger partial charge in [0.2, 0.25) is 5.89 Å². The summed E-state index contributed by atoms with van der Waals surface area (Å²) >= 11 is 1.73. The molecule has 0 aliphatic heterocycles. The third kappa shape index (κ3) is 4.04. The lowest BCUT2D eigenvalue weighted by molar-refractivity contribution is 0.349. The fourth-order valence-corrected chi connectivity index (χ4v) is 2.13.